The summed E-state index contributed by atoms with van der Waals surface area (Å²) in [5.41, 5.74) is 1.83. The second kappa shape index (κ2) is 11.6. The number of hydrogen-bond acceptors (Lipinski definition) is 7. The number of aromatic nitrogens is 3. The summed E-state index contributed by atoms with van der Waals surface area (Å²) < 4.78 is 6.57. The first-order chi connectivity index (χ1) is 15.4. The molecule has 0 radical (unpaired) electrons. The minimum atomic E-state index is -0.568. The van der Waals surface area contributed by atoms with Crippen molar-refractivity contribution in [3.05, 3.63) is 69.5 Å². The van der Waals surface area contributed by atoms with Crippen LogP contribution in [-0.2, 0) is 28.1 Å². The average Bonchev–Trinajstić information content (AvgIpc) is 3.14. The van der Waals surface area contributed by atoms with Crippen LogP contribution in [0.4, 0.5) is 5.69 Å². The van der Waals surface area contributed by atoms with Crippen molar-refractivity contribution < 1.29 is 14.3 Å². The summed E-state index contributed by atoms with van der Waals surface area (Å²) in [6.45, 7) is 0. The maximum absolute atomic E-state index is 12.3. The predicted octanol–water partition coefficient (Wildman–Crippen LogP) is 5.07. The smallest absolute Gasteiger partial charge is 0.339 e. The van der Waals surface area contributed by atoms with Gasteiger partial charge in [-0.2, -0.15) is 0 Å². The number of rotatable bonds is 9. The summed E-state index contributed by atoms with van der Waals surface area (Å²) in [4.78, 5) is 24.1. The van der Waals surface area contributed by atoms with Crippen molar-refractivity contribution in [3.8, 4) is 0 Å². The molecule has 168 valence electrons. The number of anilines is 1. The van der Waals surface area contributed by atoms with E-state index in [2.05, 4.69) is 15.5 Å². The van der Waals surface area contributed by atoms with E-state index in [1.165, 1.54) is 36.6 Å². The van der Waals surface area contributed by atoms with Gasteiger partial charge in [-0.15, -0.1) is 22.0 Å². The first kappa shape index (κ1) is 24.4. The van der Waals surface area contributed by atoms with E-state index in [9.17, 15) is 9.59 Å². The number of esters is 1. The molecular weight excluding hydrogens is 491 g/mol. The first-order valence-corrected chi connectivity index (χ1v) is 12.3. The van der Waals surface area contributed by atoms with E-state index in [1.807, 2.05) is 35.9 Å². The number of nitrogens with zero attached hydrogens (tertiary/aromatic N) is 3. The molecule has 0 saturated heterocycles. The Morgan fingerprint density at radius 3 is 2.56 bits per heavy atom. The van der Waals surface area contributed by atoms with E-state index in [4.69, 9.17) is 27.9 Å². The van der Waals surface area contributed by atoms with Gasteiger partial charge in [0, 0.05) is 23.5 Å². The van der Waals surface area contributed by atoms with Crippen molar-refractivity contribution in [2.75, 3.05) is 18.2 Å². The van der Waals surface area contributed by atoms with Crippen molar-refractivity contribution in [2.45, 2.75) is 16.7 Å². The number of hydrogen-bond donors (Lipinski definition) is 1. The van der Waals surface area contributed by atoms with Crippen LogP contribution >= 0.6 is 46.7 Å². The molecule has 7 nitrogen and oxygen atoms in total. The number of nitrogens with one attached hydrogen (secondary N) is 1. The summed E-state index contributed by atoms with van der Waals surface area (Å²) in [7, 11) is 3.14. The fourth-order valence-corrected chi connectivity index (χ4v) is 4.65. The third-order valence-electron chi connectivity index (χ3n) is 4.33. The molecule has 0 fully saturated rings. The zero-order valence-corrected chi connectivity index (χ0v) is 20.4. The first-order valence-electron chi connectivity index (χ1n) is 9.38. The highest BCUT2D eigenvalue weighted by Gasteiger charge is 2.14. The summed E-state index contributed by atoms with van der Waals surface area (Å²) in [5, 5.41) is 12.8. The number of methoxy groups -OCH3 is 1. The number of amides is 1. The molecule has 3 rings (SSSR count). The van der Waals surface area contributed by atoms with Gasteiger partial charge in [-0.05, 0) is 35.9 Å². The molecule has 0 aliphatic carbocycles. The van der Waals surface area contributed by atoms with E-state index in [0.29, 0.717) is 16.6 Å². The molecule has 0 bridgehead atoms. The lowest BCUT2D eigenvalue weighted by Crippen LogP contribution is -2.15. The van der Waals surface area contributed by atoms with Gasteiger partial charge in [-0.1, -0.05) is 47.1 Å². The lowest BCUT2D eigenvalue weighted by atomic mass is 10.2. The molecule has 1 N–H and O–H groups in total. The molecule has 0 unspecified atom stereocenters. The van der Waals surface area contributed by atoms with Gasteiger partial charge >= 0.3 is 5.97 Å². The van der Waals surface area contributed by atoms with Gasteiger partial charge in [-0.3, -0.25) is 4.79 Å². The molecule has 0 atom stereocenters. The molecule has 32 heavy (non-hydrogen) atoms. The van der Waals surface area contributed by atoms with Crippen LogP contribution in [0.25, 0.3) is 0 Å². The molecule has 3 aromatic rings. The van der Waals surface area contributed by atoms with Crippen molar-refractivity contribution in [1.82, 2.24) is 14.8 Å². The van der Waals surface area contributed by atoms with Crippen molar-refractivity contribution in [2.24, 2.45) is 7.05 Å². The van der Waals surface area contributed by atoms with Gasteiger partial charge < -0.3 is 14.6 Å². The normalized spacial score (nSPS) is 10.8. The summed E-state index contributed by atoms with van der Waals surface area (Å²) in [6, 6.07) is 12.4. The highest BCUT2D eigenvalue weighted by Crippen LogP contribution is 2.23. The summed E-state index contributed by atoms with van der Waals surface area (Å²) >= 11 is 14.9. The fourth-order valence-electron chi connectivity index (χ4n) is 2.63. The Hall–Kier alpha value is -2.20. The monoisotopic (exact) mass is 510 g/mol. The summed E-state index contributed by atoms with van der Waals surface area (Å²) in [5.74, 6) is 1.69. The second-order valence-corrected chi connectivity index (χ2v) is 9.37. The maximum atomic E-state index is 12.3. The Morgan fingerprint density at radius 1 is 1.09 bits per heavy atom. The molecule has 0 aliphatic heterocycles. The molecule has 1 heterocycles. The molecule has 2 aromatic carbocycles. The second-order valence-electron chi connectivity index (χ2n) is 6.60. The number of halogens is 2. The Morgan fingerprint density at radius 2 is 1.84 bits per heavy atom. The largest absolute Gasteiger partial charge is 0.465 e. The van der Waals surface area contributed by atoms with E-state index in [0.717, 1.165) is 16.6 Å². The number of ether oxygens (including phenoxy) is 1. The predicted molar refractivity (Wildman–Crippen MR) is 130 cm³/mol. The number of carbonyl (C=O) groups is 2. The summed E-state index contributed by atoms with van der Waals surface area (Å²) in [6.07, 6.45) is 0. The van der Waals surface area contributed by atoms with Gasteiger partial charge in [0.25, 0.3) is 0 Å². The molecule has 1 amide bonds. The van der Waals surface area contributed by atoms with Crippen LogP contribution in [0.15, 0.2) is 47.6 Å². The van der Waals surface area contributed by atoms with Crippen LogP contribution in [0, 0.1) is 0 Å². The van der Waals surface area contributed by atoms with Crippen molar-refractivity contribution in [3.63, 3.8) is 0 Å². The number of benzene rings is 2. The lowest BCUT2D eigenvalue weighted by Gasteiger charge is -2.08. The van der Waals surface area contributed by atoms with Gasteiger partial charge in [-0.25, -0.2) is 4.79 Å². The van der Waals surface area contributed by atoms with E-state index < -0.39 is 5.97 Å². The van der Waals surface area contributed by atoms with Gasteiger partial charge in [0.15, 0.2) is 5.16 Å². The quantitative estimate of drug-likeness (QED) is 0.317. The van der Waals surface area contributed by atoms with Crippen molar-refractivity contribution >= 4 is 64.3 Å². The Kier molecular flexibility index (Phi) is 8.86. The highest BCUT2D eigenvalue weighted by atomic mass is 35.5. The Labute approximate surface area is 204 Å². The third-order valence-corrected chi connectivity index (χ3v) is 6.93. The topological polar surface area (TPSA) is 86.1 Å². The van der Waals surface area contributed by atoms with E-state index in [1.54, 1.807) is 17.8 Å². The van der Waals surface area contributed by atoms with Crippen LogP contribution in [0.3, 0.4) is 0 Å². The van der Waals surface area contributed by atoms with Crippen molar-refractivity contribution in [1.29, 1.82) is 0 Å². The third kappa shape index (κ3) is 6.65. The zero-order valence-electron chi connectivity index (χ0n) is 17.3. The van der Waals surface area contributed by atoms with Crippen LogP contribution in [0.2, 0.25) is 10.0 Å². The zero-order chi connectivity index (χ0) is 23.1. The molecule has 0 spiro atoms. The van der Waals surface area contributed by atoms with Crippen LogP contribution < -0.4 is 5.32 Å². The van der Waals surface area contributed by atoms with E-state index in [-0.39, 0.29) is 22.2 Å². The Bertz CT molecular complexity index is 1110. The van der Waals surface area contributed by atoms with Crippen LogP contribution in [-0.4, -0.2) is 39.5 Å². The molecule has 0 aliphatic rings. The van der Waals surface area contributed by atoms with Crippen LogP contribution in [0.1, 0.15) is 21.7 Å². The molecule has 0 saturated carbocycles. The number of thioether (sulfide) groups is 2. The fraction of sp³-hybridized carbons (Fsp3) is 0.238. The highest BCUT2D eigenvalue weighted by molar-refractivity contribution is 7.99. The van der Waals surface area contributed by atoms with Gasteiger partial charge in [0.05, 0.1) is 29.2 Å². The average molecular weight is 511 g/mol. The van der Waals surface area contributed by atoms with E-state index >= 15 is 0 Å². The minimum absolute atomic E-state index is 0.139. The number of carbonyl (C=O) groups excluding carboxylic acids is 2. The molecule has 11 heteroatoms. The van der Waals surface area contributed by atoms with Crippen LogP contribution in [0.5, 0.6) is 0 Å². The molecular formula is C21H20Cl2N4O3S2. The minimum Gasteiger partial charge on any atom is -0.465 e. The SMILES string of the molecule is COC(=O)c1cc(NC(=O)CSc2nnc(CSCc3ccc(Cl)cc3)n2C)ccc1Cl. The van der Waals surface area contributed by atoms with Gasteiger partial charge in [0.2, 0.25) is 5.91 Å². The standard InChI is InChI=1S/C21H20Cl2N4O3S2/c1-27-18(11-31-10-13-3-5-14(22)6-4-13)25-26-21(27)32-12-19(28)24-15-7-8-17(23)16(9-15)20(29)30-2/h3-9H,10-12H2,1-2H3,(H,24,28). The Balaban J connectivity index is 1.50. The maximum Gasteiger partial charge on any atom is 0.339 e. The van der Waals surface area contributed by atoms with Gasteiger partial charge in [0.1, 0.15) is 5.82 Å². The molecule has 1 aromatic heterocycles. The lowest BCUT2D eigenvalue weighted by molar-refractivity contribution is -0.113.